The average molecular weight is 428 g/mol. The number of benzene rings is 2. The molecular weight excluding hydrogens is 400 g/mol. The zero-order chi connectivity index (χ0) is 22.6. The lowest BCUT2D eigenvalue weighted by Gasteiger charge is -2.03. The van der Waals surface area contributed by atoms with E-state index in [0.29, 0.717) is 25.4 Å². The average Bonchev–Trinajstić information content (AvgIpc) is 3.11. The molecule has 2 aromatic carbocycles. The van der Waals surface area contributed by atoms with Crippen molar-refractivity contribution in [2.24, 2.45) is 11.5 Å². The van der Waals surface area contributed by atoms with Gasteiger partial charge < -0.3 is 26.4 Å². The Kier molecular flexibility index (Phi) is 9.47. The number of rotatable bonds is 10. The van der Waals surface area contributed by atoms with Crippen LogP contribution in [0.15, 0.2) is 54.6 Å². The predicted molar refractivity (Wildman–Crippen MR) is 117 cm³/mol. The summed E-state index contributed by atoms with van der Waals surface area (Å²) in [5, 5.41) is 22.3. The maximum atomic E-state index is 10.6. The molecule has 9 heteroatoms. The highest BCUT2D eigenvalue weighted by Gasteiger charge is 2.12. The van der Waals surface area contributed by atoms with Gasteiger partial charge in [-0.2, -0.15) is 0 Å². The van der Waals surface area contributed by atoms with Crippen molar-refractivity contribution in [2.45, 2.75) is 31.8 Å². The van der Waals surface area contributed by atoms with E-state index in [0.717, 1.165) is 29.3 Å². The maximum Gasteiger partial charge on any atom is 0.341 e. The van der Waals surface area contributed by atoms with Crippen molar-refractivity contribution in [1.29, 1.82) is 0 Å². The van der Waals surface area contributed by atoms with Crippen LogP contribution in [0.3, 0.4) is 0 Å². The standard InChI is InChI=1S/C16H14N2O3.C6H14N2O2/c19-15(20)11-21-16-13-8-4-5-9-14(13)18(17-16)10-12-6-2-1-3-7-12;7-4-2-1-3-5(8)6(9)10/h1-9H,10-11H2,(H,19,20);5H,1-4,7-8H2,(H,9,10)/t;5-/m.1/s1. The van der Waals surface area contributed by atoms with Crippen LogP contribution in [-0.4, -0.2) is 51.1 Å². The molecule has 0 radical (unpaired) electrons. The summed E-state index contributed by atoms with van der Waals surface area (Å²) >= 11 is 0. The number of hydrogen-bond acceptors (Lipinski definition) is 6. The quantitative estimate of drug-likeness (QED) is 0.358. The number of hydrogen-bond donors (Lipinski definition) is 4. The molecule has 0 spiro atoms. The third-order valence-corrected chi connectivity index (χ3v) is 4.42. The van der Waals surface area contributed by atoms with Gasteiger partial charge in [-0.05, 0) is 37.1 Å². The van der Waals surface area contributed by atoms with E-state index in [1.807, 2.05) is 59.3 Å². The molecule has 31 heavy (non-hydrogen) atoms. The number of para-hydroxylation sites is 1. The van der Waals surface area contributed by atoms with Crippen molar-refractivity contribution in [3.63, 3.8) is 0 Å². The molecule has 0 aliphatic heterocycles. The van der Waals surface area contributed by atoms with Crippen LogP contribution in [0.2, 0.25) is 0 Å². The van der Waals surface area contributed by atoms with Gasteiger partial charge in [0.25, 0.3) is 0 Å². The van der Waals surface area contributed by atoms with Gasteiger partial charge in [-0.1, -0.05) is 48.9 Å². The summed E-state index contributed by atoms with van der Waals surface area (Å²) in [6.07, 6.45) is 2.16. The van der Waals surface area contributed by atoms with Crippen molar-refractivity contribution < 1.29 is 24.5 Å². The molecule has 0 saturated carbocycles. The smallest absolute Gasteiger partial charge is 0.341 e. The number of unbranched alkanes of at least 4 members (excludes halogenated alkanes) is 1. The van der Waals surface area contributed by atoms with Gasteiger partial charge in [0.15, 0.2) is 6.61 Å². The van der Waals surface area contributed by atoms with E-state index in [2.05, 4.69) is 5.10 Å². The fourth-order valence-electron chi connectivity index (χ4n) is 2.84. The minimum Gasteiger partial charge on any atom is -0.480 e. The Labute approximate surface area is 180 Å². The summed E-state index contributed by atoms with van der Waals surface area (Å²) in [5.41, 5.74) is 12.5. The Morgan fingerprint density at radius 1 is 1.03 bits per heavy atom. The van der Waals surface area contributed by atoms with E-state index in [-0.39, 0.29) is 0 Å². The van der Waals surface area contributed by atoms with Crippen LogP contribution >= 0.6 is 0 Å². The third-order valence-electron chi connectivity index (χ3n) is 4.42. The van der Waals surface area contributed by atoms with E-state index >= 15 is 0 Å². The summed E-state index contributed by atoms with van der Waals surface area (Å²) < 4.78 is 7.09. The lowest BCUT2D eigenvalue weighted by atomic mass is 10.1. The topological polar surface area (TPSA) is 154 Å². The van der Waals surface area contributed by atoms with Crippen LogP contribution in [0.4, 0.5) is 0 Å². The number of aliphatic carboxylic acids is 2. The zero-order valence-corrected chi connectivity index (χ0v) is 17.2. The molecule has 0 unspecified atom stereocenters. The van der Waals surface area contributed by atoms with Crippen molar-refractivity contribution >= 4 is 22.8 Å². The molecule has 1 aromatic heterocycles. The summed E-state index contributed by atoms with van der Waals surface area (Å²) in [5.74, 6) is -1.60. The fourth-order valence-corrected chi connectivity index (χ4v) is 2.84. The van der Waals surface area contributed by atoms with Gasteiger partial charge in [-0.15, -0.1) is 5.10 Å². The molecule has 9 nitrogen and oxygen atoms in total. The molecule has 6 N–H and O–H groups in total. The first-order valence-corrected chi connectivity index (χ1v) is 9.95. The minimum absolute atomic E-state index is 0.351. The monoisotopic (exact) mass is 428 g/mol. The number of nitrogens with zero attached hydrogens (tertiary/aromatic N) is 2. The first-order valence-electron chi connectivity index (χ1n) is 9.95. The second-order valence-electron chi connectivity index (χ2n) is 6.88. The Morgan fingerprint density at radius 3 is 2.35 bits per heavy atom. The number of nitrogens with two attached hydrogens (primary N) is 2. The van der Waals surface area contributed by atoms with Crippen LogP contribution < -0.4 is 16.2 Å². The Hall–Kier alpha value is -3.43. The highest BCUT2D eigenvalue weighted by Crippen LogP contribution is 2.25. The largest absolute Gasteiger partial charge is 0.480 e. The number of carboxylic acids is 2. The van der Waals surface area contributed by atoms with Gasteiger partial charge in [0.1, 0.15) is 6.04 Å². The summed E-state index contributed by atoms with van der Waals surface area (Å²) in [7, 11) is 0. The number of carboxylic acid groups (broad SMARTS) is 2. The fraction of sp³-hybridized carbons (Fsp3) is 0.318. The Bertz CT molecular complexity index is 974. The van der Waals surface area contributed by atoms with Crippen molar-refractivity contribution in [2.75, 3.05) is 13.2 Å². The predicted octanol–water partition coefficient (Wildman–Crippen LogP) is 2.08. The van der Waals surface area contributed by atoms with E-state index in [4.69, 9.17) is 26.4 Å². The third kappa shape index (κ3) is 7.72. The lowest BCUT2D eigenvalue weighted by Crippen LogP contribution is -2.29. The summed E-state index contributed by atoms with van der Waals surface area (Å²) in [4.78, 5) is 20.8. The lowest BCUT2D eigenvalue weighted by molar-refractivity contribution is -0.140. The molecule has 0 saturated heterocycles. The highest BCUT2D eigenvalue weighted by molar-refractivity contribution is 5.85. The number of ether oxygens (including phenoxy) is 1. The molecule has 3 rings (SSSR count). The van der Waals surface area contributed by atoms with Gasteiger partial charge in [-0.3, -0.25) is 9.48 Å². The molecule has 1 atom stereocenters. The van der Waals surface area contributed by atoms with Crippen molar-refractivity contribution in [1.82, 2.24) is 9.78 Å². The summed E-state index contributed by atoms with van der Waals surface area (Å²) in [6.45, 7) is 0.816. The zero-order valence-electron chi connectivity index (χ0n) is 17.2. The molecule has 0 amide bonds. The first kappa shape index (κ1) is 23.8. The molecule has 1 heterocycles. The first-order chi connectivity index (χ1) is 14.9. The van der Waals surface area contributed by atoms with Gasteiger partial charge in [0, 0.05) is 0 Å². The Balaban J connectivity index is 0.000000291. The van der Waals surface area contributed by atoms with Gasteiger partial charge >= 0.3 is 11.9 Å². The molecule has 0 aliphatic rings. The van der Waals surface area contributed by atoms with Crippen molar-refractivity contribution in [3.8, 4) is 5.88 Å². The van der Waals surface area contributed by atoms with Crippen LogP contribution in [0.1, 0.15) is 24.8 Å². The van der Waals surface area contributed by atoms with Crippen LogP contribution in [-0.2, 0) is 16.1 Å². The number of aromatic nitrogens is 2. The van der Waals surface area contributed by atoms with Gasteiger partial charge in [-0.25, -0.2) is 4.79 Å². The second-order valence-corrected chi connectivity index (χ2v) is 6.88. The van der Waals surface area contributed by atoms with Crippen LogP contribution in [0, 0.1) is 0 Å². The number of fused-ring (bicyclic) bond motifs is 1. The van der Waals surface area contributed by atoms with Crippen molar-refractivity contribution in [3.05, 3.63) is 60.2 Å². The second kappa shape index (κ2) is 12.3. The van der Waals surface area contributed by atoms with E-state index < -0.39 is 24.6 Å². The van der Waals surface area contributed by atoms with Crippen LogP contribution in [0.5, 0.6) is 5.88 Å². The Morgan fingerprint density at radius 2 is 1.71 bits per heavy atom. The van der Waals surface area contributed by atoms with Crippen LogP contribution in [0.25, 0.3) is 10.9 Å². The van der Waals surface area contributed by atoms with Gasteiger partial charge in [0.2, 0.25) is 5.88 Å². The van der Waals surface area contributed by atoms with Gasteiger partial charge in [0.05, 0.1) is 17.4 Å². The SMILES string of the molecule is NCCCC[C@@H](N)C(=O)O.O=C(O)COc1nn(Cc2ccccc2)c2ccccc12. The molecule has 3 aromatic rings. The molecule has 0 aliphatic carbocycles. The van der Waals surface area contributed by atoms with E-state index in [1.54, 1.807) is 0 Å². The van der Waals surface area contributed by atoms with E-state index in [1.165, 1.54) is 0 Å². The minimum atomic E-state index is -1.02. The molecule has 0 fully saturated rings. The molecule has 0 bridgehead atoms. The molecule has 166 valence electrons. The maximum absolute atomic E-state index is 10.6. The van der Waals surface area contributed by atoms with E-state index in [9.17, 15) is 9.59 Å². The molecular formula is C22H28N4O5. The highest BCUT2D eigenvalue weighted by atomic mass is 16.5. The number of carbonyl (C=O) groups is 2. The summed E-state index contributed by atoms with van der Waals surface area (Å²) in [6, 6.07) is 16.9. The normalized spacial score (nSPS) is 11.4.